The van der Waals surface area contributed by atoms with Crippen molar-refractivity contribution in [2.45, 2.75) is 25.5 Å². The molecule has 0 aliphatic rings. The molecule has 1 rings (SSSR count). The molecule has 0 aliphatic heterocycles. The number of nitrogens with zero attached hydrogens (tertiary/aromatic N) is 2. The molecule has 3 nitrogen and oxygen atoms in total. The van der Waals surface area contributed by atoms with E-state index in [1.807, 2.05) is 20.8 Å². The summed E-state index contributed by atoms with van der Waals surface area (Å²) in [6.07, 6.45) is 3.05. The van der Waals surface area contributed by atoms with Crippen LogP contribution in [-0.4, -0.2) is 20.5 Å². The molecule has 6 heteroatoms. The van der Waals surface area contributed by atoms with Gasteiger partial charge in [-0.3, -0.25) is 0 Å². The third-order valence-electron chi connectivity index (χ3n) is 1.28. The number of rotatable bonds is 2. The number of hydrogen-bond donors (Lipinski definition) is 0. The van der Waals surface area contributed by atoms with E-state index in [1.54, 1.807) is 6.20 Å². The van der Waals surface area contributed by atoms with Gasteiger partial charge in [0.05, 0.1) is 6.20 Å². The van der Waals surface area contributed by atoms with E-state index in [9.17, 15) is 4.55 Å². The highest BCUT2D eigenvalue weighted by Gasteiger charge is 2.25. The van der Waals surface area contributed by atoms with Crippen molar-refractivity contribution in [1.82, 2.24) is 4.98 Å². The molecule has 14 heavy (non-hydrogen) atoms. The van der Waals surface area contributed by atoms with Gasteiger partial charge in [0.15, 0.2) is 0 Å². The molecule has 1 aromatic heterocycles. The van der Waals surface area contributed by atoms with Gasteiger partial charge >= 0.3 is 0 Å². The second-order valence-corrected chi connectivity index (χ2v) is 7.23. The lowest BCUT2D eigenvalue weighted by Crippen LogP contribution is -2.25. The third-order valence-corrected chi connectivity index (χ3v) is 3.67. The summed E-state index contributed by atoms with van der Waals surface area (Å²) in [5.74, 6) is 0. The molecule has 0 bridgehead atoms. The summed E-state index contributed by atoms with van der Waals surface area (Å²) in [5.41, 5.74) is 0. The molecule has 0 radical (unpaired) electrons. The summed E-state index contributed by atoms with van der Waals surface area (Å²) < 4.78 is 15.7. The third kappa shape index (κ3) is 3.57. The predicted molar refractivity (Wildman–Crippen MR) is 62.6 cm³/mol. The highest BCUT2D eigenvalue weighted by Crippen LogP contribution is 2.19. The van der Waals surface area contributed by atoms with Crippen molar-refractivity contribution in [1.29, 1.82) is 0 Å². The second kappa shape index (κ2) is 4.61. The van der Waals surface area contributed by atoms with E-state index in [2.05, 4.69) is 9.38 Å². The largest absolute Gasteiger partial charge is 0.591 e. The van der Waals surface area contributed by atoms with Crippen molar-refractivity contribution < 1.29 is 4.55 Å². The van der Waals surface area contributed by atoms with Crippen LogP contribution < -0.4 is 0 Å². The first-order chi connectivity index (χ1) is 6.39. The highest BCUT2D eigenvalue weighted by atomic mass is 35.5. The van der Waals surface area contributed by atoms with Crippen LogP contribution in [-0.2, 0) is 11.4 Å². The topological polar surface area (TPSA) is 48.3 Å². The van der Waals surface area contributed by atoms with Crippen molar-refractivity contribution in [3.63, 3.8) is 0 Å². The fraction of sp³-hybridized carbons (Fsp3) is 0.500. The van der Waals surface area contributed by atoms with Crippen molar-refractivity contribution in [2.75, 3.05) is 0 Å². The minimum Gasteiger partial charge on any atom is -0.591 e. The Morgan fingerprint density at radius 1 is 1.64 bits per heavy atom. The molecular weight excluding hydrogens is 240 g/mol. The molecule has 0 aliphatic carbocycles. The smallest absolute Gasteiger partial charge is 0.144 e. The van der Waals surface area contributed by atoms with Gasteiger partial charge in [0, 0.05) is 0 Å². The predicted octanol–water partition coefficient (Wildman–Crippen LogP) is 2.68. The summed E-state index contributed by atoms with van der Waals surface area (Å²) in [5, 5.41) is 0.674. The SMILES string of the molecule is CC(C)(C)[S@@+]([O-])/N=C/c1ncc(Cl)s1. The number of thiazole rings is 1. The average Bonchev–Trinajstić information content (AvgIpc) is 2.45. The van der Waals surface area contributed by atoms with Crippen LogP contribution >= 0.6 is 22.9 Å². The van der Waals surface area contributed by atoms with Crippen LogP contribution in [0.2, 0.25) is 4.34 Å². The van der Waals surface area contributed by atoms with Gasteiger partial charge in [0.1, 0.15) is 31.7 Å². The highest BCUT2D eigenvalue weighted by molar-refractivity contribution is 7.91. The maximum Gasteiger partial charge on any atom is 0.144 e. The van der Waals surface area contributed by atoms with Crippen molar-refractivity contribution in [3.05, 3.63) is 15.5 Å². The van der Waals surface area contributed by atoms with E-state index in [0.717, 1.165) is 0 Å². The van der Waals surface area contributed by atoms with Crippen LogP contribution in [0.4, 0.5) is 0 Å². The molecule has 0 saturated carbocycles. The Kier molecular flexibility index (Phi) is 3.94. The minimum absolute atomic E-state index is 0.336. The number of hydrogen-bond acceptors (Lipinski definition) is 4. The van der Waals surface area contributed by atoms with Gasteiger partial charge in [-0.1, -0.05) is 16.0 Å². The first-order valence-electron chi connectivity index (χ1n) is 3.97. The van der Waals surface area contributed by atoms with Gasteiger partial charge in [-0.15, -0.1) is 11.3 Å². The summed E-state index contributed by atoms with van der Waals surface area (Å²) in [4.78, 5) is 3.97. The zero-order valence-corrected chi connectivity index (χ0v) is 10.5. The Morgan fingerprint density at radius 2 is 2.29 bits per heavy atom. The first-order valence-corrected chi connectivity index (χ1v) is 6.27. The monoisotopic (exact) mass is 250 g/mol. The molecule has 0 amide bonds. The van der Waals surface area contributed by atoms with Crippen molar-refractivity contribution in [3.8, 4) is 0 Å². The van der Waals surface area contributed by atoms with Crippen LogP contribution in [0.15, 0.2) is 10.6 Å². The molecule has 0 saturated heterocycles. The first kappa shape index (κ1) is 12.0. The van der Waals surface area contributed by atoms with E-state index in [0.29, 0.717) is 9.34 Å². The Hall–Kier alpha value is -0.100. The summed E-state index contributed by atoms with van der Waals surface area (Å²) in [6, 6.07) is 0. The van der Waals surface area contributed by atoms with E-state index < -0.39 is 11.4 Å². The van der Waals surface area contributed by atoms with Gasteiger partial charge in [-0.2, -0.15) is 0 Å². The van der Waals surface area contributed by atoms with Gasteiger partial charge in [-0.05, 0) is 20.8 Å². The van der Waals surface area contributed by atoms with Crippen molar-refractivity contribution >= 4 is 40.5 Å². The van der Waals surface area contributed by atoms with Gasteiger partial charge in [0.25, 0.3) is 0 Å². The summed E-state index contributed by atoms with van der Waals surface area (Å²) >= 11 is 5.76. The van der Waals surface area contributed by atoms with E-state index >= 15 is 0 Å². The fourth-order valence-corrected chi connectivity index (χ4v) is 1.96. The van der Waals surface area contributed by atoms with E-state index in [1.165, 1.54) is 17.6 Å². The molecule has 0 N–H and O–H groups in total. The maximum atomic E-state index is 11.5. The zero-order valence-electron chi connectivity index (χ0n) is 8.15. The molecule has 0 unspecified atom stereocenters. The van der Waals surface area contributed by atoms with Gasteiger partial charge < -0.3 is 4.55 Å². The lowest BCUT2D eigenvalue weighted by molar-refractivity contribution is 0.562. The molecule has 0 aromatic carbocycles. The normalized spacial score (nSPS) is 14.9. The lowest BCUT2D eigenvalue weighted by atomic mass is 10.3. The van der Waals surface area contributed by atoms with Gasteiger partial charge in [-0.25, -0.2) is 4.98 Å². The summed E-state index contributed by atoms with van der Waals surface area (Å²) in [6.45, 7) is 5.61. The number of halogens is 1. The Balaban J connectivity index is 2.65. The van der Waals surface area contributed by atoms with Crippen molar-refractivity contribution in [2.24, 2.45) is 4.40 Å². The molecule has 0 fully saturated rings. The Morgan fingerprint density at radius 3 is 2.71 bits per heavy atom. The second-order valence-electron chi connectivity index (χ2n) is 3.60. The zero-order chi connectivity index (χ0) is 10.8. The molecular formula is C8H11ClN2OS2. The molecule has 0 spiro atoms. The molecule has 1 heterocycles. The minimum atomic E-state index is -1.24. The Labute approximate surface area is 95.5 Å². The van der Waals surface area contributed by atoms with Crippen LogP contribution in [0.25, 0.3) is 0 Å². The van der Waals surface area contributed by atoms with E-state index in [4.69, 9.17) is 11.6 Å². The van der Waals surface area contributed by atoms with Crippen LogP contribution in [0.1, 0.15) is 25.8 Å². The molecule has 1 atom stereocenters. The number of aromatic nitrogens is 1. The average molecular weight is 251 g/mol. The Bertz CT molecular complexity index is 332. The van der Waals surface area contributed by atoms with Crippen LogP contribution in [0.3, 0.4) is 0 Å². The van der Waals surface area contributed by atoms with Gasteiger partial charge in [0.2, 0.25) is 0 Å². The van der Waals surface area contributed by atoms with Crippen LogP contribution in [0, 0.1) is 0 Å². The molecule has 1 aromatic rings. The summed E-state index contributed by atoms with van der Waals surface area (Å²) in [7, 11) is 0. The maximum absolute atomic E-state index is 11.5. The molecule has 78 valence electrons. The van der Waals surface area contributed by atoms with Crippen LogP contribution in [0.5, 0.6) is 0 Å². The van der Waals surface area contributed by atoms with E-state index in [-0.39, 0.29) is 4.75 Å². The fourth-order valence-electron chi connectivity index (χ4n) is 0.578. The lowest BCUT2D eigenvalue weighted by Gasteiger charge is -2.17. The quantitative estimate of drug-likeness (QED) is 0.599. The standard InChI is InChI=1S/C8H11ClN2OS2/c1-8(2,3)14(12)11-5-7-10-4-6(9)13-7/h4-5H,1-3H3/b11-5+/t14-/m1/s1.